The zero-order chi connectivity index (χ0) is 13.3. The Morgan fingerprint density at radius 2 is 2.00 bits per heavy atom. The summed E-state index contributed by atoms with van der Waals surface area (Å²) in [6, 6.07) is 0.898. The summed E-state index contributed by atoms with van der Waals surface area (Å²) in [7, 11) is 2.20. The predicted molar refractivity (Wildman–Crippen MR) is 73.2 cm³/mol. The van der Waals surface area contributed by atoms with Crippen molar-refractivity contribution in [1.29, 1.82) is 0 Å². The van der Waals surface area contributed by atoms with Gasteiger partial charge in [-0.15, -0.1) is 0 Å². The third-order valence-corrected chi connectivity index (χ3v) is 5.00. The molecule has 2 rings (SSSR count). The summed E-state index contributed by atoms with van der Waals surface area (Å²) in [6.07, 6.45) is 4.59. The lowest BCUT2D eigenvalue weighted by Crippen LogP contribution is -2.49. The second-order valence-corrected chi connectivity index (χ2v) is 6.03. The predicted octanol–water partition coefficient (Wildman–Crippen LogP) is 1.05. The van der Waals surface area contributed by atoms with Crippen molar-refractivity contribution in [3.05, 3.63) is 0 Å². The number of hydrogen-bond donors (Lipinski definition) is 1. The molecule has 4 nitrogen and oxygen atoms in total. The van der Waals surface area contributed by atoms with Gasteiger partial charge in [-0.3, -0.25) is 9.69 Å². The third kappa shape index (κ3) is 2.54. The molecule has 0 aliphatic carbocycles. The molecule has 104 valence electrons. The molecule has 0 spiro atoms. The van der Waals surface area contributed by atoms with E-state index in [-0.39, 0.29) is 17.9 Å². The lowest BCUT2D eigenvalue weighted by atomic mass is 9.98. The Balaban J connectivity index is 1.99. The summed E-state index contributed by atoms with van der Waals surface area (Å²) in [6.45, 7) is 5.92. The lowest BCUT2D eigenvalue weighted by Gasteiger charge is -2.29. The second kappa shape index (κ2) is 5.57. The van der Waals surface area contributed by atoms with Crippen molar-refractivity contribution in [3.63, 3.8) is 0 Å². The SMILES string of the molecule is CCC(C)C(N)C(=O)N1CCC2CCC(C1)N2C. The van der Waals surface area contributed by atoms with Crippen molar-refractivity contribution in [3.8, 4) is 0 Å². The fourth-order valence-electron chi connectivity index (χ4n) is 3.22. The highest BCUT2D eigenvalue weighted by Gasteiger charge is 2.37. The zero-order valence-electron chi connectivity index (χ0n) is 11.9. The van der Waals surface area contributed by atoms with Crippen molar-refractivity contribution < 1.29 is 4.79 Å². The first-order valence-corrected chi connectivity index (χ1v) is 7.30. The molecule has 1 amide bonds. The number of carbonyl (C=O) groups is 1. The number of hydrogen-bond acceptors (Lipinski definition) is 3. The maximum absolute atomic E-state index is 12.4. The van der Waals surface area contributed by atoms with Crippen molar-refractivity contribution in [2.45, 2.75) is 57.7 Å². The standard InChI is InChI=1S/C14H27N3O/c1-4-10(2)13(15)14(18)17-8-7-11-5-6-12(9-17)16(11)3/h10-13H,4-9,15H2,1-3H3. The normalized spacial score (nSPS) is 32.1. The van der Waals surface area contributed by atoms with Gasteiger partial charge in [-0.1, -0.05) is 20.3 Å². The molecule has 2 fully saturated rings. The minimum absolute atomic E-state index is 0.158. The summed E-state index contributed by atoms with van der Waals surface area (Å²) >= 11 is 0. The van der Waals surface area contributed by atoms with E-state index in [1.165, 1.54) is 12.8 Å². The van der Waals surface area contributed by atoms with Gasteiger partial charge in [0.05, 0.1) is 6.04 Å². The van der Waals surface area contributed by atoms with Gasteiger partial charge in [0.15, 0.2) is 0 Å². The first-order valence-electron chi connectivity index (χ1n) is 7.30. The summed E-state index contributed by atoms with van der Waals surface area (Å²) in [5, 5.41) is 0. The van der Waals surface area contributed by atoms with Crippen molar-refractivity contribution in [1.82, 2.24) is 9.80 Å². The van der Waals surface area contributed by atoms with E-state index in [1.807, 2.05) is 4.90 Å². The molecular weight excluding hydrogens is 226 g/mol. The van der Waals surface area contributed by atoms with Crippen LogP contribution in [0.25, 0.3) is 0 Å². The molecule has 2 N–H and O–H groups in total. The molecule has 4 unspecified atom stereocenters. The second-order valence-electron chi connectivity index (χ2n) is 6.03. The minimum atomic E-state index is -0.322. The molecule has 2 heterocycles. The monoisotopic (exact) mass is 253 g/mol. The van der Waals surface area contributed by atoms with E-state index in [2.05, 4.69) is 25.8 Å². The quantitative estimate of drug-likeness (QED) is 0.818. The molecule has 2 aliphatic rings. The maximum atomic E-state index is 12.4. The van der Waals surface area contributed by atoms with Crippen molar-refractivity contribution in [2.24, 2.45) is 11.7 Å². The van der Waals surface area contributed by atoms with Crippen molar-refractivity contribution in [2.75, 3.05) is 20.1 Å². The number of nitrogens with zero attached hydrogens (tertiary/aromatic N) is 2. The zero-order valence-corrected chi connectivity index (χ0v) is 11.9. The van der Waals surface area contributed by atoms with Gasteiger partial charge in [-0.2, -0.15) is 0 Å². The van der Waals surface area contributed by atoms with E-state index in [4.69, 9.17) is 5.73 Å². The van der Waals surface area contributed by atoms with E-state index in [9.17, 15) is 4.79 Å². The van der Waals surface area contributed by atoms with E-state index in [1.54, 1.807) is 0 Å². The number of carbonyl (C=O) groups excluding carboxylic acids is 1. The molecular formula is C14H27N3O. The summed E-state index contributed by atoms with van der Waals surface area (Å²) < 4.78 is 0. The van der Waals surface area contributed by atoms with E-state index < -0.39 is 0 Å². The van der Waals surface area contributed by atoms with Gasteiger partial charge < -0.3 is 10.6 Å². The molecule has 2 saturated heterocycles. The van der Waals surface area contributed by atoms with Crippen LogP contribution < -0.4 is 5.73 Å². The van der Waals surface area contributed by atoms with Crippen LogP contribution in [0.1, 0.15) is 39.5 Å². The number of amides is 1. The van der Waals surface area contributed by atoms with Gasteiger partial charge in [0.1, 0.15) is 0 Å². The summed E-state index contributed by atoms with van der Waals surface area (Å²) in [5.74, 6) is 0.431. The van der Waals surface area contributed by atoms with Gasteiger partial charge in [-0.05, 0) is 32.2 Å². The Labute approximate surface area is 110 Å². The Bertz CT molecular complexity index is 307. The van der Waals surface area contributed by atoms with Gasteiger partial charge in [-0.25, -0.2) is 0 Å². The smallest absolute Gasteiger partial charge is 0.239 e. The van der Waals surface area contributed by atoms with Crippen LogP contribution in [-0.2, 0) is 4.79 Å². The molecule has 4 heteroatoms. The third-order valence-electron chi connectivity index (χ3n) is 5.00. The molecule has 0 radical (unpaired) electrons. The highest BCUT2D eigenvalue weighted by Crippen LogP contribution is 2.28. The highest BCUT2D eigenvalue weighted by atomic mass is 16.2. The first-order chi connectivity index (χ1) is 8.54. The molecule has 18 heavy (non-hydrogen) atoms. The first kappa shape index (κ1) is 13.8. The average Bonchev–Trinajstić information content (AvgIpc) is 2.60. The molecule has 4 atom stereocenters. The van der Waals surface area contributed by atoms with Crippen LogP contribution in [0.2, 0.25) is 0 Å². The highest BCUT2D eigenvalue weighted by molar-refractivity contribution is 5.82. The fraction of sp³-hybridized carbons (Fsp3) is 0.929. The number of likely N-dealkylation sites (tertiary alicyclic amines) is 1. The van der Waals surface area contributed by atoms with Crippen LogP contribution >= 0.6 is 0 Å². The van der Waals surface area contributed by atoms with Gasteiger partial charge in [0.25, 0.3) is 0 Å². The molecule has 2 bridgehead atoms. The number of rotatable bonds is 3. The Morgan fingerprint density at radius 1 is 1.33 bits per heavy atom. The van der Waals surface area contributed by atoms with E-state index in [0.717, 1.165) is 25.9 Å². The molecule has 0 aromatic heterocycles. The van der Waals surface area contributed by atoms with Gasteiger partial charge in [0.2, 0.25) is 5.91 Å². The van der Waals surface area contributed by atoms with Crippen LogP contribution in [0.4, 0.5) is 0 Å². The van der Waals surface area contributed by atoms with Crippen LogP contribution in [0.15, 0.2) is 0 Å². The average molecular weight is 253 g/mol. The topological polar surface area (TPSA) is 49.6 Å². The summed E-state index contributed by atoms with van der Waals surface area (Å²) in [5.41, 5.74) is 6.08. The molecule has 2 aliphatic heterocycles. The van der Waals surface area contributed by atoms with Crippen LogP contribution in [0, 0.1) is 5.92 Å². The van der Waals surface area contributed by atoms with Crippen LogP contribution in [0.3, 0.4) is 0 Å². The van der Waals surface area contributed by atoms with Gasteiger partial charge >= 0.3 is 0 Å². The Hall–Kier alpha value is -0.610. The fourth-order valence-corrected chi connectivity index (χ4v) is 3.22. The number of fused-ring (bicyclic) bond motifs is 2. The molecule has 0 aromatic rings. The minimum Gasteiger partial charge on any atom is -0.340 e. The van der Waals surface area contributed by atoms with Crippen LogP contribution in [-0.4, -0.2) is 54.0 Å². The van der Waals surface area contributed by atoms with Crippen LogP contribution in [0.5, 0.6) is 0 Å². The molecule has 0 aromatic carbocycles. The largest absolute Gasteiger partial charge is 0.340 e. The number of nitrogens with two attached hydrogens (primary N) is 1. The lowest BCUT2D eigenvalue weighted by molar-refractivity contribution is -0.134. The Kier molecular flexibility index (Phi) is 4.28. The Morgan fingerprint density at radius 3 is 2.67 bits per heavy atom. The maximum Gasteiger partial charge on any atom is 0.239 e. The van der Waals surface area contributed by atoms with E-state index >= 15 is 0 Å². The molecule has 0 saturated carbocycles. The van der Waals surface area contributed by atoms with Gasteiger partial charge in [0, 0.05) is 25.2 Å². The van der Waals surface area contributed by atoms with Crippen molar-refractivity contribution >= 4 is 5.91 Å². The van der Waals surface area contributed by atoms with E-state index in [0.29, 0.717) is 12.1 Å². The number of likely N-dealkylation sites (N-methyl/N-ethyl adjacent to an activating group) is 1. The summed E-state index contributed by atoms with van der Waals surface area (Å²) in [4.78, 5) is 16.9.